The molecular formula is C14H17N3. The highest BCUT2D eigenvalue weighted by molar-refractivity contribution is 5.47. The van der Waals surface area contributed by atoms with Crippen LogP contribution >= 0.6 is 0 Å². The van der Waals surface area contributed by atoms with Crippen LogP contribution in [0.25, 0.3) is 4.85 Å². The van der Waals surface area contributed by atoms with Crippen LogP contribution in [0.2, 0.25) is 0 Å². The molecule has 0 saturated heterocycles. The Kier molecular flexibility index (Phi) is 4.55. The molecule has 0 aliphatic rings. The van der Waals surface area contributed by atoms with Crippen molar-refractivity contribution < 1.29 is 0 Å². The second-order valence-corrected chi connectivity index (χ2v) is 4.50. The van der Waals surface area contributed by atoms with E-state index in [-0.39, 0.29) is 0 Å². The fourth-order valence-electron chi connectivity index (χ4n) is 1.51. The Morgan fingerprint density at radius 3 is 2.53 bits per heavy atom. The molecule has 0 aliphatic carbocycles. The van der Waals surface area contributed by atoms with Gasteiger partial charge in [0.15, 0.2) is 0 Å². The fraction of sp³-hybridized carbons (Fsp3) is 0.429. The van der Waals surface area contributed by atoms with E-state index in [1.165, 1.54) is 5.56 Å². The zero-order valence-corrected chi connectivity index (χ0v) is 10.3. The molecule has 0 amide bonds. The van der Waals surface area contributed by atoms with E-state index >= 15 is 0 Å². The lowest BCUT2D eigenvalue weighted by atomic mass is 10.1. The van der Waals surface area contributed by atoms with Gasteiger partial charge in [0, 0.05) is 26.0 Å². The Morgan fingerprint density at radius 1 is 1.35 bits per heavy atom. The Labute approximate surface area is 103 Å². The van der Waals surface area contributed by atoms with Crippen LogP contribution in [0.1, 0.15) is 32.3 Å². The molecule has 0 spiro atoms. The lowest BCUT2D eigenvalue weighted by Crippen LogP contribution is -2.25. The first-order valence-corrected chi connectivity index (χ1v) is 5.70. The summed E-state index contributed by atoms with van der Waals surface area (Å²) < 4.78 is 0. The molecule has 1 rings (SSSR count). The number of nitriles is 1. The van der Waals surface area contributed by atoms with Crippen molar-refractivity contribution in [1.82, 2.24) is 0 Å². The van der Waals surface area contributed by atoms with E-state index in [2.05, 4.69) is 16.2 Å². The fourth-order valence-corrected chi connectivity index (χ4v) is 1.51. The maximum absolute atomic E-state index is 8.45. The Morgan fingerprint density at radius 2 is 2.00 bits per heavy atom. The normalized spacial score (nSPS) is 10.4. The largest absolute Gasteiger partial charge is 0.315 e. The monoisotopic (exact) mass is 227 g/mol. The number of rotatable bonds is 5. The van der Waals surface area contributed by atoms with Gasteiger partial charge in [0.1, 0.15) is 0 Å². The number of unbranched alkanes of at least 4 members (excludes halogenated alkanes) is 1. The predicted octanol–water partition coefficient (Wildman–Crippen LogP) is 3.60. The topological polar surface area (TPSA) is 40.2 Å². The zero-order chi connectivity index (χ0) is 12.7. The first-order valence-electron chi connectivity index (χ1n) is 5.70. The molecule has 88 valence electrons. The molecule has 0 fully saturated rings. The highest BCUT2D eigenvalue weighted by Gasteiger charge is 2.21. The molecule has 0 radical (unpaired) electrons. The molecule has 0 atom stereocenters. The molecule has 3 nitrogen and oxygen atoms in total. The van der Waals surface area contributed by atoms with Gasteiger partial charge in [-0.25, -0.2) is 6.57 Å². The molecule has 1 aromatic carbocycles. The van der Waals surface area contributed by atoms with Crippen LogP contribution in [-0.4, -0.2) is 5.66 Å². The average Bonchev–Trinajstić information content (AvgIpc) is 2.31. The first kappa shape index (κ1) is 13.1. The van der Waals surface area contributed by atoms with Gasteiger partial charge in [-0.3, -0.25) is 4.85 Å². The molecule has 1 N–H and O–H groups in total. The van der Waals surface area contributed by atoms with Crippen molar-refractivity contribution in [1.29, 1.82) is 5.26 Å². The van der Waals surface area contributed by atoms with Crippen molar-refractivity contribution in [3.63, 3.8) is 0 Å². The molecule has 17 heavy (non-hydrogen) atoms. The Balaban J connectivity index is 2.57. The van der Waals surface area contributed by atoms with Gasteiger partial charge in [0.05, 0.1) is 6.07 Å². The lowest BCUT2D eigenvalue weighted by Gasteiger charge is -2.14. The molecule has 0 bridgehead atoms. The van der Waals surface area contributed by atoms with E-state index in [0.29, 0.717) is 6.42 Å². The van der Waals surface area contributed by atoms with Gasteiger partial charge in [-0.15, -0.1) is 0 Å². The van der Waals surface area contributed by atoms with Crippen LogP contribution in [0.4, 0.5) is 5.69 Å². The minimum atomic E-state index is -0.567. The number of hydrogen-bond donors (Lipinski definition) is 1. The quantitative estimate of drug-likeness (QED) is 0.616. The van der Waals surface area contributed by atoms with Gasteiger partial charge in [-0.05, 0) is 30.5 Å². The maximum atomic E-state index is 8.45. The highest BCUT2D eigenvalue weighted by Crippen LogP contribution is 2.17. The first-order chi connectivity index (χ1) is 8.07. The minimum Gasteiger partial charge on any atom is -0.315 e. The van der Waals surface area contributed by atoms with Crippen LogP contribution < -0.4 is 5.32 Å². The van der Waals surface area contributed by atoms with Crippen molar-refractivity contribution in [3.05, 3.63) is 41.2 Å². The van der Waals surface area contributed by atoms with Gasteiger partial charge in [0.25, 0.3) is 5.66 Å². The average molecular weight is 227 g/mol. The Bertz CT molecular complexity index is 432. The van der Waals surface area contributed by atoms with Crippen LogP contribution in [-0.2, 0) is 6.42 Å². The smallest absolute Gasteiger partial charge is 0.299 e. The van der Waals surface area contributed by atoms with E-state index in [1.54, 1.807) is 0 Å². The molecule has 0 unspecified atom stereocenters. The van der Waals surface area contributed by atoms with Gasteiger partial charge in [-0.1, -0.05) is 12.1 Å². The van der Waals surface area contributed by atoms with Crippen LogP contribution in [0.3, 0.4) is 0 Å². The Hall–Kier alpha value is -2.00. The van der Waals surface area contributed by atoms with Crippen LogP contribution in [0.15, 0.2) is 24.3 Å². The summed E-state index contributed by atoms with van der Waals surface area (Å²) in [7, 11) is 0. The second-order valence-electron chi connectivity index (χ2n) is 4.50. The molecule has 0 aromatic heterocycles. The van der Waals surface area contributed by atoms with Crippen LogP contribution in [0.5, 0.6) is 0 Å². The van der Waals surface area contributed by atoms with Gasteiger partial charge in [-0.2, -0.15) is 5.26 Å². The van der Waals surface area contributed by atoms with Crippen molar-refractivity contribution in [3.8, 4) is 6.07 Å². The number of anilines is 1. The maximum Gasteiger partial charge on any atom is 0.299 e. The van der Waals surface area contributed by atoms with Crippen molar-refractivity contribution >= 4 is 5.69 Å². The van der Waals surface area contributed by atoms with E-state index in [0.717, 1.165) is 18.5 Å². The molecular weight excluding hydrogens is 210 g/mol. The number of aryl methyl sites for hydroxylation is 1. The molecule has 1 aromatic rings. The highest BCUT2D eigenvalue weighted by atomic mass is 15.1. The number of hydrogen-bond acceptors (Lipinski definition) is 2. The van der Waals surface area contributed by atoms with E-state index in [1.807, 2.05) is 38.1 Å². The van der Waals surface area contributed by atoms with E-state index in [9.17, 15) is 0 Å². The van der Waals surface area contributed by atoms with Crippen molar-refractivity contribution in [2.45, 2.75) is 38.8 Å². The number of nitrogens with one attached hydrogen (secondary N) is 1. The third-order valence-corrected chi connectivity index (χ3v) is 2.44. The SMILES string of the molecule is [C-]#[N+]C(C)(C)Nc1ccc(CCCC#N)cc1. The van der Waals surface area contributed by atoms with Gasteiger partial charge >= 0.3 is 0 Å². The van der Waals surface area contributed by atoms with Crippen molar-refractivity contribution in [2.75, 3.05) is 5.32 Å². The van der Waals surface area contributed by atoms with Gasteiger partial charge < -0.3 is 5.32 Å². The summed E-state index contributed by atoms with van der Waals surface area (Å²) >= 11 is 0. The molecule has 0 heterocycles. The predicted molar refractivity (Wildman–Crippen MR) is 69.3 cm³/mol. The van der Waals surface area contributed by atoms with E-state index in [4.69, 9.17) is 11.8 Å². The lowest BCUT2D eigenvalue weighted by molar-refractivity contribution is 0.707. The summed E-state index contributed by atoms with van der Waals surface area (Å²) in [6.45, 7) is 10.7. The van der Waals surface area contributed by atoms with E-state index < -0.39 is 5.66 Å². The third-order valence-electron chi connectivity index (χ3n) is 2.44. The summed E-state index contributed by atoms with van der Waals surface area (Å²) in [5.74, 6) is 0. The summed E-state index contributed by atoms with van der Waals surface area (Å²) in [6.07, 6.45) is 2.43. The van der Waals surface area contributed by atoms with Gasteiger partial charge in [0.2, 0.25) is 0 Å². The second kappa shape index (κ2) is 5.92. The molecule has 0 saturated carbocycles. The summed E-state index contributed by atoms with van der Waals surface area (Å²) in [5, 5.41) is 11.6. The minimum absolute atomic E-state index is 0.567. The summed E-state index contributed by atoms with van der Waals surface area (Å²) in [5.41, 5.74) is 1.61. The summed E-state index contributed by atoms with van der Waals surface area (Å²) in [4.78, 5) is 3.50. The molecule has 0 aliphatic heterocycles. The molecule has 3 heteroatoms. The summed E-state index contributed by atoms with van der Waals surface area (Å²) in [6, 6.07) is 10.2. The van der Waals surface area contributed by atoms with Crippen molar-refractivity contribution in [2.24, 2.45) is 0 Å². The standard InChI is InChI=1S/C14H17N3/c1-14(2,16-3)17-13-9-7-12(8-10-13)6-4-5-11-15/h7-10,17H,4-6H2,1-2H3. The zero-order valence-electron chi connectivity index (χ0n) is 10.3. The third kappa shape index (κ3) is 4.57. The number of benzene rings is 1. The number of nitrogens with zero attached hydrogens (tertiary/aromatic N) is 2. The van der Waals surface area contributed by atoms with Crippen LogP contribution in [0, 0.1) is 17.9 Å².